The van der Waals surface area contributed by atoms with Gasteiger partial charge in [-0.25, -0.2) is 0 Å². The van der Waals surface area contributed by atoms with Crippen molar-refractivity contribution in [1.29, 1.82) is 0 Å². The van der Waals surface area contributed by atoms with Crippen LogP contribution in [-0.2, 0) is 0 Å². The number of nitrogens with zero attached hydrogens (tertiary/aromatic N) is 1. The summed E-state index contributed by atoms with van der Waals surface area (Å²) in [6.45, 7) is 3.28. The molecule has 0 bridgehead atoms. The summed E-state index contributed by atoms with van der Waals surface area (Å²) >= 11 is 1.86. The molecule has 1 aliphatic rings. The molecule has 0 amide bonds. The highest BCUT2D eigenvalue weighted by atomic mass is 32.2. The molecule has 5 heteroatoms. The van der Waals surface area contributed by atoms with Crippen LogP contribution in [0.15, 0.2) is 21.7 Å². The van der Waals surface area contributed by atoms with Gasteiger partial charge in [-0.2, -0.15) is 0 Å². The third kappa shape index (κ3) is 4.89. The van der Waals surface area contributed by atoms with Crippen LogP contribution < -0.4 is 10.9 Å². The summed E-state index contributed by atoms with van der Waals surface area (Å²) in [5.74, 6) is 0.805. The number of hydrogen-bond acceptors (Lipinski definition) is 4. The van der Waals surface area contributed by atoms with Crippen molar-refractivity contribution in [1.82, 2.24) is 15.2 Å². The van der Waals surface area contributed by atoms with Crippen molar-refractivity contribution in [2.75, 3.05) is 20.6 Å². The summed E-state index contributed by atoms with van der Waals surface area (Å²) < 4.78 is 3.97. The fraction of sp³-hybridized carbons (Fsp3) is 0.688. The highest BCUT2D eigenvalue weighted by Gasteiger charge is 2.25. The number of nitrogens with one attached hydrogen (secondary N) is 2. The standard InChI is InChI=1S/C16H29N3S2/c1-4-21(16-11-8-12-20-16)19(3)13-15(18-17-2)14-9-6-5-7-10-14/h4,8,11-12,14-15,17-18H,5-7,9-10,13H2,1-3H3/t15-,21?/m1/s1. The van der Waals surface area contributed by atoms with Crippen molar-refractivity contribution in [3.05, 3.63) is 17.5 Å². The Morgan fingerprint density at radius 3 is 2.76 bits per heavy atom. The molecule has 1 aromatic heterocycles. The van der Waals surface area contributed by atoms with E-state index < -0.39 is 0 Å². The van der Waals surface area contributed by atoms with E-state index in [1.54, 1.807) is 0 Å². The lowest BCUT2D eigenvalue weighted by molar-refractivity contribution is 0.233. The molecule has 1 saturated carbocycles. The fourth-order valence-corrected chi connectivity index (χ4v) is 6.34. The number of thiophene rings is 1. The molecule has 3 nitrogen and oxygen atoms in total. The Kier molecular flexibility index (Phi) is 7.40. The lowest BCUT2D eigenvalue weighted by atomic mass is 9.84. The van der Waals surface area contributed by atoms with Gasteiger partial charge in [0.1, 0.15) is 0 Å². The van der Waals surface area contributed by atoms with Crippen molar-refractivity contribution < 1.29 is 0 Å². The zero-order valence-corrected chi connectivity index (χ0v) is 15.1. The van der Waals surface area contributed by atoms with E-state index in [-0.39, 0.29) is 10.7 Å². The number of rotatable bonds is 7. The van der Waals surface area contributed by atoms with Crippen LogP contribution in [0, 0.1) is 5.92 Å². The van der Waals surface area contributed by atoms with Gasteiger partial charge in [0.05, 0.1) is 4.21 Å². The van der Waals surface area contributed by atoms with Crippen LogP contribution in [0.3, 0.4) is 0 Å². The zero-order valence-electron chi connectivity index (χ0n) is 13.5. The summed E-state index contributed by atoms with van der Waals surface area (Å²) in [6.07, 6.45) is 6.95. The zero-order chi connectivity index (χ0) is 15.1. The summed E-state index contributed by atoms with van der Waals surface area (Å²) in [6, 6.07) is 4.95. The van der Waals surface area contributed by atoms with Crippen LogP contribution in [0.5, 0.6) is 0 Å². The third-order valence-electron chi connectivity index (χ3n) is 4.26. The summed E-state index contributed by atoms with van der Waals surface area (Å²) in [4.78, 5) is 0. The van der Waals surface area contributed by atoms with Gasteiger partial charge in [-0.1, -0.05) is 36.0 Å². The second-order valence-corrected chi connectivity index (χ2v) is 9.06. The molecule has 0 radical (unpaired) electrons. The Hall–Kier alpha value is -0.200. The molecule has 1 heterocycles. The van der Waals surface area contributed by atoms with Crippen LogP contribution in [-0.4, -0.2) is 36.4 Å². The molecule has 120 valence electrons. The van der Waals surface area contributed by atoms with Crippen molar-refractivity contribution in [2.24, 2.45) is 5.92 Å². The van der Waals surface area contributed by atoms with Gasteiger partial charge in [0.15, 0.2) is 0 Å². The van der Waals surface area contributed by atoms with Gasteiger partial charge in [-0.15, -0.1) is 11.3 Å². The van der Waals surface area contributed by atoms with Gasteiger partial charge in [0.2, 0.25) is 0 Å². The van der Waals surface area contributed by atoms with Gasteiger partial charge < -0.3 is 0 Å². The third-order valence-corrected chi connectivity index (χ3v) is 7.54. The predicted octanol–water partition coefficient (Wildman–Crippen LogP) is 3.72. The lowest BCUT2D eigenvalue weighted by Gasteiger charge is -2.34. The normalized spacial score (nSPS) is 20.0. The van der Waals surface area contributed by atoms with Crippen LogP contribution >= 0.6 is 22.0 Å². The Labute approximate surface area is 136 Å². The molecule has 0 aromatic carbocycles. The highest BCUT2D eigenvalue weighted by Crippen LogP contribution is 2.34. The van der Waals surface area contributed by atoms with Crippen molar-refractivity contribution >= 4 is 27.4 Å². The maximum Gasteiger partial charge on any atom is 0.0679 e. The molecule has 1 aromatic rings. The molecule has 2 N–H and O–H groups in total. The van der Waals surface area contributed by atoms with Gasteiger partial charge in [0.25, 0.3) is 0 Å². The Bertz CT molecular complexity index is 425. The van der Waals surface area contributed by atoms with Gasteiger partial charge >= 0.3 is 0 Å². The minimum Gasteiger partial charge on any atom is -0.261 e. The molecule has 1 fully saturated rings. The molecule has 0 aliphatic heterocycles. The number of hydrazine groups is 1. The SMILES string of the molecule is C/C=S(\c1cccs1)N(C)C[C@@H](NNC)C1CCCCC1. The van der Waals surface area contributed by atoms with Crippen molar-refractivity contribution in [2.45, 2.75) is 49.3 Å². The quantitative estimate of drug-likeness (QED) is 0.590. The van der Waals surface area contributed by atoms with Gasteiger partial charge in [-0.3, -0.25) is 15.2 Å². The predicted molar refractivity (Wildman–Crippen MR) is 97.1 cm³/mol. The Morgan fingerprint density at radius 1 is 1.43 bits per heavy atom. The average molecular weight is 328 g/mol. The molecule has 0 saturated heterocycles. The van der Waals surface area contributed by atoms with E-state index in [4.69, 9.17) is 0 Å². The molecule has 21 heavy (non-hydrogen) atoms. The summed E-state index contributed by atoms with van der Waals surface area (Å²) in [5, 5.41) is 4.51. The van der Waals surface area contributed by atoms with E-state index in [2.05, 4.69) is 52.0 Å². The second-order valence-electron chi connectivity index (χ2n) is 5.69. The van der Waals surface area contributed by atoms with Crippen LogP contribution in [0.2, 0.25) is 0 Å². The molecule has 1 aliphatic carbocycles. The molecular weight excluding hydrogens is 298 g/mol. The smallest absolute Gasteiger partial charge is 0.0679 e. The Balaban J connectivity index is 2.01. The molecule has 1 unspecified atom stereocenters. The summed E-state index contributed by atoms with van der Waals surface area (Å²) in [5.41, 5.74) is 6.69. The first-order valence-electron chi connectivity index (χ1n) is 7.96. The average Bonchev–Trinajstić information content (AvgIpc) is 3.02. The Morgan fingerprint density at radius 2 is 2.19 bits per heavy atom. The maximum absolute atomic E-state index is 3.51. The maximum atomic E-state index is 3.51. The molecular formula is C16H29N3S2. The van der Waals surface area contributed by atoms with Crippen molar-refractivity contribution in [3.63, 3.8) is 0 Å². The van der Waals surface area contributed by atoms with E-state index in [9.17, 15) is 0 Å². The molecule has 0 spiro atoms. The topological polar surface area (TPSA) is 27.3 Å². The molecule has 2 atom stereocenters. The van der Waals surface area contributed by atoms with Crippen LogP contribution in [0.25, 0.3) is 0 Å². The summed E-state index contributed by atoms with van der Waals surface area (Å²) in [7, 11) is 4.37. The first-order chi connectivity index (χ1) is 10.3. The van der Waals surface area contributed by atoms with E-state index >= 15 is 0 Å². The monoisotopic (exact) mass is 327 g/mol. The largest absolute Gasteiger partial charge is 0.261 e. The number of likely N-dealkylation sites (N-methyl/N-ethyl adjacent to an activating group) is 1. The van der Waals surface area contributed by atoms with Crippen molar-refractivity contribution in [3.8, 4) is 0 Å². The highest BCUT2D eigenvalue weighted by molar-refractivity contribution is 8.14. The first-order valence-corrected chi connectivity index (χ1v) is 10.1. The van der Waals surface area contributed by atoms with Crippen LogP contribution in [0.4, 0.5) is 0 Å². The van der Waals surface area contributed by atoms with Crippen LogP contribution in [0.1, 0.15) is 39.0 Å². The van der Waals surface area contributed by atoms with Gasteiger partial charge in [0, 0.05) is 12.6 Å². The lowest BCUT2D eigenvalue weighted by Crippen LogP contribution is -2.49. The second kappa shape index (κ2) is 9.06. The van der Waals surface area contributed by atoms with E-state index in [0.29, 0.717) is 6.04 Å². The first kappa shape index (κ1) is 17.2. The minimum absolute atomic E-state index is 0.122. The fourth-order valence-electron chi connectivity index (χ4n) is 3.22. The van der Waals surface area contributed by atoms with Gasteiger partial charge in [-0.05, 0) is 56.6 Å². The van der Waals surface area contributed by atoms with E-state index in [1.807, 2.05) is 18.4 Å². The molecule has 2 rings (SSSR count). The van der Waals surface area contributed by atoms with E-state index in [1.165, 1.54) is 36.3 Å². The number of hydrogen-bond donors (Lipinski definition) is 2. The van der Waals surface area contributed by atoms with E-state index in [0.717, 1.165) is 12.5 Å². The minimum atomic E-state index is 0.122.